The Morgan fingerprint density at radius 3 is 2.60 bits per heavy atom. The fourth-order valence-corrected chi connectivity index (χ4v) is 2.67. The van der Waals surface area contributed by atoms with Crippen LogP contribution in [0.25, 0.3) is 0 Å². The number of aryl methyl sites for hydroxylation is 1. The molecule has 4 nitrogen and oxygen atoms in total. The Morgan fingerprint density at radius 2 is 2.10 bits per heavy atom. The molecular weight excluding hydrogens is 270 g/mol. The highest BCUT2D eigenvalue weighted by Gasteiger charge is 2.20. The summed E-state index contributed by atoms with van der Waals surface area (Å²) in [7, 11) is 0. The SMILES string of the molecule is Cc1ccc(C(=O)Nc2cc(C#N)cn2C(C)(C)C)s1. The van der Waals surface area contributed by atoms with Crippen LogP contribution in [0.1, 0.15) is 40.9 Å². The minimum absolute atomic E-state index is 0.142. The molecule has 0 unspecified atom stereocenters. The van der Waals surface area contributed by atoms with E-state index in [-0.39, 0.29) is 11.4 Å². The first kappa shape index (κ1) is 14.4. The molecule has 0 spiro atoms. The van der Waals surface area contributed by atoms with Crippen molar-refractivity contribution in [1.82, 2.24) is 4.57 Å². The number of hydrogen-bond donors (Lipinski definition) is 1. The molecule has 0 saturated heterocycles. The van der Waals surface area contributed by atoms with Crippen molar-refractivity contribution >= 4 is 23.1 Å². The van der Waals surface area contributed by atoms with Crippen molar-refractivity contribution < 1.29 is 4.79 Å². The van der Waals surface area contributed by atoms with Crippen LogP contribution in [0, 0.1) is 18.3 Å². The number of amides is 1. The second kappa shape index (κ2) is 5.14. The van der Waals surface area contributed by atoms with Crippen LogP contribution in [-0.4, -0.2) is 10.5 Å². The molecule has 1 amide bonds. The summed E-state index contributed by atoms with van der Waals surface area (Å²) < 4.78 is 1.91. The molecule has 0 aromatic carbocycles. The van der Waals surface area contributed by atoms with E-state index in [1.165, 1.54) is 11.3 Å². The Bertz CT molecular complexity index is 683. The number of nitrogens with zero attached hydrogens (tertiary/aromatic N) is 2. The van der Waals surface area contributed by atoms with Crippen molar-refractivity contribution in [3.63, 3.8) is 0 Å². The standard InChI is InChI=1S/C15H17N3OS/c1-10-5-6-12(20-10)14(19)17-13-7-11(8-16)9-18(13)15(2,3)4/h5-7,9H,1-4H3,(H,17,19). The van der Waals surface area contributed by atoms with Gasteiger partial charge >= 0.3 is 0 Å². The van der Waals surface area contributed by atoms with Gasteiger partial charge < -0.3 is 9.88 Å². The van der Waals surface area contributed by atoms with E-state index in [0.29, 0.717) is 16.3 Å². The summed E-state index contributed by atoms with van der Waals surface area (Å²) in [6, 6.07) is 7.54. The Balaban J connectivity index is 2.32. The van der Waals surface area contributed by atoms with E-state index in [4.69, 9.17) is 5.26 Å². The molecule has 0 aliphatic heterocycles. The molecule has 5 heteroatoms. The number of carbonyl (C=O) groups is 1. The molecule has 2 rings (SSSR count). The maximum Gasteiger partial charge on any atom is 0.266 e. The summed E-state index contributed by atoms with van der Waals surface area (Å²) in [5, 5.41) is 11.9. The van der Waals surface area contributed by atoms with Gasteiger partial charge in [-0.1, -0.05) is 0 Å². The van der Waals surface area contributed by atoms with Gasteiger partial charge in [0.1, 0.15) is 11.9 Å². The number of hydrogen-bond acceptors (Lipinski definition) is 3. The van der Waals surface area contributed by atoms with E-state index in [2.05, 4.69) is 11.4 Å². The van der Waals surface area contributed by atoms with Crippen molar-refractivity contribution in [2.45, 2.75) is 33.2 Å². The van der Waals surface area contributed by atoms with Gasteiger partial charge in [-0.3, -0.25) is 4.79 Å². The molecule has 0 radical (unpaired) electrons. The number of anilines is 1. The molecule has 0 fully saturated rings. The van der Waals surface area contributed by atoms with Gasteiger partial charge in [0.05, 0.1) is 10.4 Å². The highest BCUT2D eigenvalue weighted by molar-refractivity contribution is 7.14. The summed E-state index contributed by atoms with van der Waals surface area (Å²) in [5.74, 6) is 0.501. The van der Waals surface area contributed by atoms with Crippen LogP contribution < -0.4 is 5.32 Å². The normalized spacial score (nSPS) is 11.2. The third-order valence-electron chi connectivity index (χ3n) is 2.88. The van der Waals surface area contributed by atoms with Crippen LogP contribution in [0.15, 0.2) is 24.4 Å². The van der Waals surface area contributed by atoms with Gasteiger partial charge in [-0.2, -0.15) is 5.26 Å². The van der Waals surface area contributed by atoms with Crippen LogP contribution in [-0.2, 0) is 5.54 Å². The highest BCUT2D eigenvalue weighted by Crippen LogP contribution is 2.25. The Kier molecular flexibility index (Phi) is 3.69. The molecule has 0 atom stereocenters. The topological polar surface area (TPSA) is 57.8 Å². The molecule has 0 aliphatic carbocycles. The van der Waals surface area contributed by atoms with Gasteiger partial charge in [0, 0.05) is 16.6 Å². The summed E-state index contributed by atoms with van der Waals surface area (Å²) in [5.41, 5.74) is 0.334. The predicted octanol–water partition coefficient (Wildman–Crippen LogP) is 3.74. The maximum absolute atomic E-state index is 12.2. The molecule has 0 bridgehead atoms. The van der Waals surface area contributed by atoms with Gasteiger partial charge in [-0.15, -0.1) is 11.3 Å². The minimum atomic E-state index is -0.205. The van der Waals surface area contributed by atoms with Gasteiger partial charge in [-0.25, -0.2) is 0 Å². The molecule has 2 aromatic rings. The van der Waals surface area contributed by atoms with Crippen LogP contribution in [0.3, 0.4) is 0 Å². The lowest BCUT2D eigenvalue weighted by Gasteiger charge is -2.24. The van der Waals surface area contributed by atoms with Gasteiger partial charge in [0.15, 0.2) is 0 Å². The number of nitrogens with one attached hydrogen (secondary N) is 1. The zero-order chi connectivity index (χ0) is 14.9. The number of carbonyl (C=O) groups excluding carboxylic acids is 1. The molecule has 2 heterocycles. The smallest absolute Gasteiger partial charge is 0.266 e. The van der Waals surface area contributed by atoms with Crippen LogP contribution in [0.5, 0.6) is 0 Å². The summed E-state index contributed by atoms with van der Waals surface area (Å²) in [4.78, 5) is 14.0. The van der Waals surface area contributed by atoms with E-state index < -0.39 is 0 Å². The fourth-order valence-electron chi connectivity index (χ4n) is 1.91. The van der Waals surface area contributed by atoms with Crippen molar-refractivity contribution in [3.05, 3.63) is 39.7 Å². The maximum atomic E-state index is 12.2. The monoisotopic (exact) mass is 287 g/mol. The first-order chi connectivity index (χ1) is 9.31. The van der Waals surface area contributed by atoms with Crippen LogP contribution in [0.4, 0.5) is 5.82 Å². The average Bonchev–Trinajstić information content (AvgIpc) is 2.94. The third-order valence-corrected chi connectivity index (χ3v) is 3.88. The van der Waals surface area contributed by atoms with Crippen LogP contribution in [0.2, 0.25) is 0 Å². The van der Waals surface area contributed by atoms with Gasteiger partial charge in [0.2, 0.25) is 0 Å². The van der Waals surface area contributed by atoms with Gasteiger partial charge in [0.25, 0.3) is 5.91 Å². The van der Waals surface area contributed by atoms with E-state index in [1.54, 1.807) is 12.3 Å². The summed E-state index contributed by atoms with van der Waals surface area (Å²) in [6.45, 7) is 8.05. The molecule has 104 valence electrons. The largest absolute Gasteiger partial charge is 0.328 e. The lowest BCUT2D eigenvalue weighted by molar-refractivity contribution is 0.102. The summed E-state index contributed by atoms with van der Waals surface area (Å²) >= 11 is 1.45. The zero-order valence-corrected chi connectivity index (χ0v) is 12.8. The minimum Gasteiger partial charge on any atom is -0.328 e. The first-order valence-corrected chi connectivity index (χ1v) is 7.13. The van der Waals surface area contributed by atoms with E-state index in [9.17, 15) is 4.79 Å². The fraction of sp³-hybridized carbons (Fsp3) is 0.333. The second-order valence-corrected chi connectivity index (χ2v) is 6.92. The Labute approximate surface area is 122 Å². The van der Waals surface area contributed by atoms with E-state index in [0.717, 1.165) is 4.88 Å². The molecule has 0 saturated carbocycles. The van der Waals surface area contributed by atoms with Crippen LogP contribution >= 0.6 is 11.3 Å². The Morgan fingerprint density at radius 1 is 1.40 bits per heavy atom. The van der Waals surface area contributed by atoms with Crippen molar-refractivity contribution in [3.8, 4) is 6.07 Å². The molecule has 2 aromatic heterocycles. The van der Waals surface area contributed by atoms with Gasteiger partial charge in [-0.05, 0) is 45.9 Å². The lowest BCUT2D eigenvalue weighted by atomic mass is 10.1. The molecular formula is C15H17N3OS. The zero-order valence-electron chi connectivity index (χ0n) is 12.0. The van der Waals surface area contributed by atoms with Crippen molar-refractivity contribution in [2.24, 2.45) is 0 Å². The highest BCUT2D eigenvalue weighted by atomic mass is 32.1. The molecule has 0 aliphatic rings. The van der Waals surface area contributed by atoms with E-state index >= 15 is 0 Å². The van der Waals surface area contributed by atoms with Crippen molar-refractivity contribution in [2.75, 3.05) is 5.32 Å². The second-order valence-electron chi connectivity index (χ2n) is 5.63. The number of thiophene rings is 1. The van der Waals surface area contributed by atoms with Crippen molar-refractivity contribution in [1.29, 1.82) is 5.26 Å². The van der Waals surface area contributed by atoms with E-state index in [1.807, 2.05) is 44.4 Å². The molecule has 20 heavy (non-hydrogen) atoms. The predicted molar refractivity (Wildman–Crippen MR) is 81.2 cm³/mol. The quantitative estimate of drug-likeness (QED) is 0.914. The third kappa shape index (κ3) is 2.91. The lowest BCUT2D eigenvalue weighted by Crippen LogP contribution is -2.24. The Hall–Kier alpha value is -2.06. The first-order valence-electron chi connectivity index (χ1n) is 6.32. The number of nitriles is 1. The average molecular weight is 287 g/mol. The number of rotatable bonds is 2. The number of aromatic nitrogens is 1. The molecule has 1 N–H and O–H groups in total. The summed E-state index contributed by atoms with van der Waals surface area (Å²) in [6.07, 6.45) is 1.76.